The molecule has 0 aromatic heterocycles. The Hall–Kier alpha value is -2.51. The van der Waals surface area contributed by atoms with Gasteiger partial charge in [0.1, 0.15) is 17.6 Å². The molecule has 2 aromatic rings. The molecule has 0 radical (unpaired) electrons. The van der Waals surface area contributed by atoms with Crippen molar-refractivity contribution in [2.24, 2.45) is 0 Å². The first-order valence-corrected chi connectivity index (χ1v) is 6.15. The minimum absolute atomic E-state index is 0.125. The molecule has 2 rings (SSSR count). The van der Waals surface area contributed by atoms with E-state index in [-0.39, 0.29) is 6.42 Å². The van der Waals surface area contributed by atoms with E-state index in [4.69, 9.17) is 26.7 Å². The molecule has 0 heterocycles. The molecular weight excluding hydrogens is 278 g/mol. The Kier molecular flexibility index (Phi) is 4.24. The summed E-state index contributed by atoms with van der Waals surface area (Å²) in [7, 11) is 0. The molecule has 0 aliphatic carbocycles. The molecule has 2 aromatic carbocycles. The molecule has 0 amide bonds. The van der Waals surface area contributed by atoms with Crippen molar-refractivity contribution < 1.29 is 14.6 Å². The van der Waals surface area contributed by atoms with E-state index in [0.29, 0.717) is 27.6 Å². The Balaban J connectivity index is 2.28. The molecule has 100 valence electrons. The third-order valence-electron chi connectivity index (χ3n) is 2.60. The van der Waals surface area contributed by atoms with Gasteiger partial charge < -0.3 is 9.84 Å². The number of carboxylic acid groups (broad SMARTS) is 1. The van der Waals surface area contributed by atoms with Crippen LogP contribution < -0.4 is 4.74 Å². The zero-order valence-electron chi connectivity index (χ0n) is 10.3. The molecule has 0 fully saturated rings. The molecule has 0 bridgehead atoms. The van der Waals surface area contributed by atoms with E-state index in [1.54, 1.807) is 36.4 Å². The SMILES string of the molecule is N#Cc1ccc(Oc2ccccc2CC(=O)O)cc1Cl. The molecular formula is C15H10ClNO3. The van der Waals surface area contributed by atoms with Gasteiger partial charge in [-0.15, -0.1) is 0 Å². The first-order valence-electron chi connectivity index (χ1n) is 5.77. The predicted octanol–water partition coefficient (Wildman–Crippen LogP) is 3.63. The van der Waals surface area contributed by atoms with Crippen LogP contribution >= 0.6 is 11.6 Å². The van der Waals surface area contributed by atoms with E-state index in [9.17, 15) is 4.79 Å². The molecule has 5 heteroatoms. The Labute approximate surface area is 120 Å². The molecule has 0 unspecified atom stereocenters. The van der Waals surface area contributed by atoms with Crippen molar-refractivity contribution in [1.82, 2.24) is 0 Å². The first-order chi connectivity index (χ1) is 9.60. The van der Waals surface area contributed by atoms with E-state index in [0.717, 1.165) is 0 Å². The van der Waals surface area contributed by atoms with Crippen LogP contribution in [0.2, 0.25) is 5.02 Å². The highest BCUT2D eigenvalue weighted by atomic mass is 35.5. The van der Waals surface area contributed by atoms with Crippen LogP contribution in [0.25, 0.3) is 0 Å². The van der Waals surface area contributed by atoms with Crippen LogP contribution in [0.4, 0.5) is 0 Å². The normalized spacial score (nSPS) is 9.80. The molecule has 20 heavy (non-hydrogen) atoms. The first kappa shape index (κ1) is 13.9. The largest absolute Gasteiger partial charge is 0.481 e. The maximum atomic E-state index is 10.8. The molecule has 1 N–H and O–H groups in total. The minimum atomic E-state index is -0.932. The highest BCUT2D eigenvalue weighted by molar-refractivity contribution is 6.31. The summed E-state index contributed by atoms with van der Waals surface area (Å²) >= 11 is 5.92. The number of nitrogens with zero attached hydrogens (tertiary/aromatic N) is 1. The lowest BCUT2D eigenvalue weighted by atomic mass is 10.1. The maximum absolute atomic E-state index is 10.8. The number of para-hydroxylation sites is 1. The molecule has 0 aliphatic heterocycles. The van der Waals surface area contributed by atoms with Gasteiger partial charge in [0.25, 0.3) is 0 Å². The number of halogens is 1. The lowest BCUT2D eigenvalue weighted by molar-refractivity contribution is -0.136. The monoisotopic (exact) mass is 287 g/mol. The molecule has 4 nitrogen and oxygen atoms in total. The number of hydrogen-bond donors (Lipinski definition) is 1. The van der Waals surface area contributed by atoms with E-state index in [2.05, 4.69) is 0 Å². The fraction of sp³-hybridized carbons (Fsp3) is 0.0667. The third kappa shape index (κ3) is 3.28. The van der Waals surface area contributed by atoms with Crippen molar-refractivity contribution in [2.75, 3.05) is 0 Å². The molecule has 0 saturated heterocycles. The van der Waals surface area contributed by atoms with Gasteiger partial charge in [-0.25, -0.2) is 0 Å². The van der Waals surface area contributed by atoms with Crippen LogP contribution in [0.3, 0.4) is 0 Å². The number of hydrogen-bond acceptors (Lipinski definition) is 3. The van der Waals surface area contributed by atoms with Gasteiger partial charge >= 0.3 is 5.97 Å². The highest BCUT2D eigenvalue weighted by Crippen LogP contribution is 2.28. The second-order valence-corrected chi connectivity index (χ2v) is 4.44. The second-order valence-electron chi connectivity index (χ2n) is 4.03. The standard InChI is InChI=1S/C15H10ClNO3/c16-13-8-12(6-5-11(13)9-17)20-14-4-2-1-3-10(14)7-15(18)19/h1-6,8H,7H2,(H,18,19). The van der Waals surface area contributed by atoms with Crippen LogP contribution in [-0.2, 0) is 11.2 Å². The van der Waals surface area contributed by atoms with Crippen LogP contribution in [0.1, 0.15) is 11.1 Å². The summed E-state index contributed by atoms with van der Waals surface area (Å²) in [5, 5.41) is 18.0. The number of carbonyl (C=O) groups is 1. The van der Waals surface area contributed by atoms with Crippen molar-refractivity contribution in [1.29, 1.82) is 5.26 Å². The number of benzene rings is 2. The van der Waals surface area contributed by atoms with E-state index < -0.39 is 5.97 Å². The second kappa shape index (κ2) is 6.09. The van der Waals surface area contributed by atoms with Crippen molar-refractivity contribution >= 4 is 17.6 Å². The lowest BCUT2D eigenvalue weighted by Gasteiger charge is -2.10. The Morgan fingerprint density at radius 2 is 2.05 bits per heavy atom. The predicted molar refractivity (Wildman–Crippen MR) is 74.0 cm³/mol. The van der Waals surface area contributed by atoms with Gasteiger partial charge in [-0.3, -0.25) is 4.79 Å². The molecule has 0 saturated carbocycles. The molecule has 0 atom stereocenters. The highest BCUT2D eigenvalue weighted by Gasteiger charge is 2.09. The van der Waals surface area contributed by atoms with Gasteiger partial charge in [0, 0.05) is 11.6 Å². The summed E-state index contributed by atoms with van der Waals surface area (Å²) in [5.41, 5.74) is 0.929. The number of rotatable bonds is 4. The van der Waals surface area contributed by atoms with Crippen molar-refractivity contribution in [3.63, 3.8) is 0 Å². The van der Waals surface area contributed by atoms with Gasteiger partial charge in [0.15, 0.2) is 0 Å². The number of nitriles is 1. The van der Waals surface area contributed by atoms with Gasteiger partial charge in [-0.05, 0) is 18.2 Å². The Bertz CT molecular complexity index is 692. The third-order valence-corrected chi connectivity index (χ3v) is 2.92. The van der Waals surface area contributed by atoms with Gasteiger partial charge in [-0.2, -0.15) is 5.26 Å². The fourth-order valence-electron chi connectivity index (χ4n) is 1.69. The van der Waals surface area contributed by atoms with Gasteiger partial charge in [0.2, 0.25) is 0 Å². The average Bonchev–Trinajstić information content (AvgIpc) is 2.41. The summed E-state index contributed by atoms with van der Waals surface area (Å²) in [6.07, 6.45) is -0.125. The van der Waals surface area contributed by atoms with E-state index in [1.807, 2.05) is 6.07 Å². The van der Waals surface area contributed by atoms with Crippen LogP contribution in [0.5, 0.6) is 11.5 Å². The maximum Gasteiger partial charge on any atom is 0.307 e. The molecule has 0 aliphatic rings. The Morgan fingerprint density at radius 3 is 2.70 bits per heavy atom. The fourth-order valence-corrected chi connectivity index (χ4v) is 1.90. The summed E-state index contributed by atoms with van der Waals surface area (Å²) in [6, 6.07) is 13.5. The Morgan fingerprint density at radius 1 is 1.30 bits per heavy atom. The zero-order valence-corrected chi connectivity index (χ0v) is 11.1. The van der Waals surface area contributed by atoms with E-state index in [1.165, 1.54) is 6.07 Å². The van der Waals surface area contributed by atoms with Crippen molar-refractivity contribution in [3.05, 3.63) is 58.6 Å². The summed E-state index contributed by atoms with van der Waals surface area (Å²) in [6.45, 7) is 0. The van der Waals surface area contributed by atoms with Gasteiger partial charge in [0.05, 0.1) is 17.0 Å². The number of ether oxygens (including phenoxy) is 1. The van der Waals surface area contributed by atoms with E-state index >= 15 is 0 Å². The summed E-state index contributed by atoms with van der Waals surface area (Å²) < 4.78 is 5.63. The number of carboxylic acids is 1. The lowest BCUT2D eigenvalue weighted by Crippen LogP contribution is -2.01. The van der Waals surface area contributed by atoms with Crippen LogP contribution in [-0.4, -0.2) is 11.1 Å². The quantitative estimate of drug-likeness (QED) is 0.932. The summed E-state index contributed by atoms with van der Waals surface area (Å²) in [4.78, 5) is 10.8. The van der Waals surface area contributed by atoms with Crippen molar-refractivity contribution in [2.45, 2.75) is 6.42 Å². The van der Waals surface area contributed by atoms with Crippen LogP contribution in [0, 0.1) is 11.3 Å². The minimum Gasteiger partial charge on any atom is -0.481 e. The van der Waals surface area contributed by atoms with Gasteiger partial charge in [-0.1, -0.05) is 29.8 Å². The van der Waals surface area contributed by atoms with Crippen molar-refractivity contribution in [3.8, 4) is 17.6 Å². The van der Waals surface area contributed by atoms with Crippen LogP contribution in [0.15, 0.2) is 42.5 Å². The number of aliphatic carboxylic acids is 1. The summed E-state index contributed by atoms with van der Waals surface area (Å²) in [5.74, 6) is -0.0265. The zero-order chi connectivity index (χ0) is 14.5. The molecule has 0 spiro atoms. The average molecular weight is 288 g/mol. The smallest absolute Gasteiger partial charge is 0.307 e. The topological polar surface area (TPSA) is 70.3 Å².